The van der Waals surface area contributed by atoms with Crippen LogP contribution in [0.3, 0.4) is 0 Å². The summed E-state index contributed by atoms with van der Waals surface area (Å²) >= 11 is 0. The molecule has 25 heavy (non-hydrogen) atoms. The van der Waals surface area contributed by atoms with Gasteiger partial charge in [0.1, 0.15) is 6.17 Å². The van der Waals surface area contributed by atoms with Crippen molar-refractivity contribution in [3.63, 3.8) is 0 Å². The van der Waals surface area contributed by atoms with Gasteiger partial charge in [-0.2, -0.15) is 0 Å². The molecule has 7 heteroatoms. The number of nitrogens with one attached hydrogen (secondary N) is 2. The summed E-state index contributed by atoms with van der Waals surface area (Å²) in [5.41, 5.74) is 0.687. The molecule has 0 spiro atoms. The number of anilines is 1. The largest absolute Gasteiger partial charge is 0.376 e. The number of allylic oxidation sites excluding steroid dienone is 2. The van der Waals surface area contributed by atoms with Crippen molar-refractivity contribution in [3.05, 3.63) is 34.3 Å². The van der Waals surface area contributed by atoms with Crippen LogP contribution in [0.2, 0.25) is 0 Å². The fraction of sp³-hybridized carbons (Fsp3) is 0.611. The summed E-state index contributed by atoms with van der Waals surface area (Å²) in [6.45, 7) is 3.29. The highest BCUT2D eigenvalue weighted by molar-refractivity contribution is 5.93. The van der Waals surface area contributed by atoms with Crippen molar-refractivity contribution in [3.8, 4) is 0 Å². The Labute approximate surface area is 147 Å². The minimum absolute atomic E-state index is 0.0276. The molecule has 4 rings (SSSR count). The van der Waals surface area contributed by atoms with E-state index in [-0.39, 0.29) is 17.8 Å². The third-order valence-corrected chi connectivity index (χ3v) is 5.11. The number of nitrogens with zero attached hydrogens (tertiary/aromatic N) is 3. The third-order valence-electron chi connectivity index (χ3n) is 5.11. The Balaban J connectivity index is 1.63. The van der Waals surface area contributed by atoms with E-state index in [9.17, 15) is 4.79 Å². The molecule has 0 bridgehead atoms. The van der Waals surface area contributed by atoms with Gasteiger partial charge >= 0.3 is 0 Å². The predicted octanol–water partition coefficient (Wildman–Crippen LogP) is 1.96. The Morgan fingerprint density at radius 2 is 2.32 bits per heavy atom. The lowest BCUT2D eigenvalue weighted by molar-refractivity contribution is 0.117. The smallest absolute Gasteiger partial charge is 0.256 e. The second-order valence-corrected chi connectivity index (χ2v) is 7.01. The average Bonchev–Trinajstić information content (AvgIpc) is 3.13. The zero-order chi connectivity index (χ0) is 17.2. The van der Waals surface area contributed by atoms with E-state index in [1.807, 2.05) is 6.92 Å². The molecule has 0 aromatic carbocycles. The summed E-state index contributed by atoms with van der Waals surface area (Å²) in [5, 5.41) is 6.62. The van der Waals surface area contributed by atoms with Crippen molar-refractivity contribution in [2.24, 2.45) is 10.9 Å². The van der Waals surface area contributed by atoms with E-state index in [0.29, 0.717) is 30.1 Å². The summed E-state index contributed by atoms with van der Waals surface area (Å²) in [7, 11) is 0. The van der Waals surface area contributed by atoms with Gasteiger partial charge in [-0.3, -0.25) is 19.7 Å². The van der Waals surface area contributed by atoms with Crippen LogP contribution in [0.5, 0.6) is 0 Å². The van der Waals surface area contributed by atoms with Crippen LogP contribution in [-0.2, 0) is 4.74 Å². The number of aliphatic imine (C=N–C) groups is 1. The zero-order valence-corrected chi connectivity index (χ0v) is 14.6. The minimum Gasteiger partial charge on any atom is -0.376 e. The van der Waals surface area contributed by atoms with Gasteiger partial charge in [-0.15, -0.1) is 0 Å². The van der Waals surface area contributed by atoms with Crippen molar-refractivity contribution >= 4 is 11.9 Å². The first-order chi connectivity index (χ1) is 12.2. The second-order valence-electron chi connectivity index (χ2n) is 7.01. The van der Waals surface area contributed by atoms with Crippen LogP contribution in [0.15, 0.2) is 28.0 Å². The molecule has 0 radical (unpaired) electrons. The van der Waals surface area contributed by atoms with Crippen molar-refractivity contribution < 1.29 is 4.74 Å². The van der Waals surface area contributed by atoms with Gasteiger partial charge in [0.05, 0.1) is 12.6 Å². The molecule has 7 nitrogen and oxygen atoms in total. The number of rotatable bonds is 3. The maximum absolute atomic E-state index is 12.6. The first kappa shape index (κ1) is 16.3. The summed E-state index contributed by atoms with van der Waals surface area (Å²) in [6, 6.07) is 1.59. The minimum atomic E-state index is -0.120. The number of aromatic nitrogens is 2. The van der Waals surface area contributed by atoms with Gasteiger partial charge in [-0.25, -0.2) is 4.98 Å². The average molecular weight is 343 g/mol. The molecular weight excluding hydrogens is 318 g/mol. The molecule has 2 aliphatic heterocycles. The first-order valence-corrected chi connectivity index (χ1v) is 9.15. The Morgan fingerprint density at radius 1 is 1.40 bits per heavy atom. The summed E-state index contributed by atoms with van der Waals surface area (Å²) < 4.78 is 7.39. The van der Waals surface area contributed by atoms with Gasteiger partial charge in [0.15, 0.2) is 5.96 Å². The van der Waals surface area contributed by atoms with Crippen LogP contribution < -0.4 is 16.2 Å². The van der Waals surface area contributed by atoms with Crippen LogP contribution in [-0.4, -0.2) is 34.8 Å². The maximum atomic E-state index is 12.6. The lowest BCUT2D eigenvalue weighted by Gasteiger charge is -2.36. The molecule has 134 valence electrons. The van der Waals surface area contributed by atoms with E-state index in [4.69, 9.17) is 4.74 Å². The number of aryl methyl sites for hydroxylation is 1. The van der Waals surface area contributed by atoms with Crippen molar-refractivity contribution in [2.75, 3.05) is 18.5 Å². The molecule has 0 unspecified atom stereocenters. The van der Waals surface area contributed by atoms with Gasteiger partial charge in [0, 0.05) is 24.3 Å². The van der Waals surface area contributed by atoms with Crippen LogP contribution in [0.25, 0.3) is 0 Å². The molecule has 2 N–H and O–H groups in total. The third kappa shape index (κ3) is 3.46. The standard InChI is InChI=1S/C18H25N5O2/c1-12-10-15(24)23-16(13-6-3-2-4-7-13)21-17(22-18(23)20-12)19-11-14-8-5-9-25-14/h2-3,10,13-14,16H,4-9,11H2,1H3,(H2,19,20,21,22)/t13-,14+,16+/m1/s1. The molecular formula is C18H25N5O2. The highest BCUT2D eigenvalue weighted by atomic mass is 16.5. The Bertz CT molecular complexity index is 748. The van der Waals surface area contributed by atoms with Gasteiger partial charge in [-0.05, 0) is 39.0 Å². The van der Waals surface area contributed by atoms with Crippen LogP contribution in [0, 0.1) is 12.8 Å². The Morgan fingerprint density at radius 3 is 3.08 bits per heavy atom. The van der Waals surface area contributed by atoms with Crippen LogP contribution in [0.1, 0.15) is 44.0 Å². The number of hydrogen-bond acceptors (Lipinski definition) is 4. The van der Waals surface area contributed by atoms with E-state index >= 15 is 0 Å². The molecule has 3 aliphatic rings. The van der Waals surface area contributed by atoms with E-state index in [0.717, 1.165) is 38.7 Å². The topological polar surface area (TPSA) is 80.5 Å². The normalized spacial score (nSPS) is 30.0. The van der Waals surface area contributed by atoms with E-state index in [1.54, 1.807) is 10.6 Å². The fourth-order valence-electron chi connectivity index (χ4n) is 3.81. The predicted molar refractivity (Wildman–Crippen MR) is 96.8 cm³/mol. The second kappa shape index (κ2) is 7.00. The monoisotopic (exact) mass is 343 g/mol. The van der Waals surface area contributed by atoms with E-state index in [2.05, 4.69) is 32.8 Å². The van der Waals surface area contributed by atoms with Crippen LogP contribution >= 0.6 is 0 Å². The van der Waals surface area contributed by atoms with E-state index in [1.165, 1.54) is 0 Å². The highest BCUT2D eigenvalue weighted by Gasteiger charge is 2.31. The maximum Gasteiger partial charge on any atom is 0.256 e. The summed E-state index contributed by atoms with van der Waals surface area (Å²) in [6.07, 6.45) is 9.69. The lowest BCUT2D eigenvalue weighted by atomic mass is 9.91. The SMILES string of the molecule is Cc1cc(=O)n2c(n1)NC(=NC[C@@H]1CCCO1)N[C@@H]2[C@@H]1CC=CCC1. The number of fused-ring (bicyclic) bond motifs is 1. The van der Waals surface area contributed by atoms with Gasteiger partial charge in [-0.1, -0.05) is 12.2 Å². The van der Waals surface area contributed by atoms with Crippen molar-refractivity contribution in [2.45, 2.75) is 51.3 Å². The Kier molecular flexibility index (Phi) is 4.57. The summed E-state index contributed by atoms with van der Waals surface area (Å²) in [5.74, 6) is 1.61. The van der Waals surface area contributed by atoms with Gasteiger partial charge in [0.2, 0.25) is 5.95 Å². The van der Waals surface area contributed by atoms with Gasteiger partial charge in [0.25, 0.3) is 5.56 Å². The number of guanidine groups is 1. The van der Waals surface area contributed by atoms with E-state index < -0.39 is 0 Å². The summed E-state index contributed by atoms with van der Waals surface area (Å²) in [4.78, 5) is 21.8. The molecule has 0 amide bonds. The lowest BCUT2D eigenvalue weighted by Crippen LogP contribution is -2.50. The molecule has 1 aromatic rings. The Hall–Kier alpha value is -2.15. The van der Waals surface area contributed by atoms with Crippen molar-refractivity contribution in [1.82, 2.24) is 14.9 Å². The molecule has 0 saturated carbocycles. The van der Waals surface area contributed by atoms with Gasteiger partial charge < -0.3 is 10.1 Å². The highest BCUT2D eigenvalue weighted by Crippen LogP contribution is 2.30. The first-order valence-electron chi connectivity index (χ1n) is 9.15. The number of hydrogen-bond donors (Lipinski definition) is 2. The molecule has 1 aliphatic carbocycles. The molecule has 1 saturated heterocycles. The molecule has 1 fully saturated rings. The fourth-order valence-corrected chi connectivity index (χ4v) is 3.81. The zero-order valence-electron chi connectivity index (χ0n) is 14.6. The molecule has 1 aromatic heterocycles. The molecule has 3 heterocycles. The number of ether oxygens (including phenoxy) is 1. The van der Waals surface area contributed by atoms with Crippen molar-refractivity contribution in [1.29, 1.82) is 0 Å². The van der Waals surface area contributed by atoms with Crippen LogP contribution in [0.4, 0.5) is 5.95 Å². The quantitative estimate of drug-likeness (QED) is 0.820. The molecule has 3 atom stereocenters.